The van der Waals surface area contributed by atoms with E-state index in [0.717, 1.165) is 9.75 Å². The van der Waals surface area contributed by atoms with E-state index in [4.69, 9.17) is 5.26 Å². The van der Waals surface area contributed by atoms with Gasteiger partial charge in [0, 0.05) is 15.4 Å². The lowest BCUT2D eigenvalue weighted by atomic mass is 10.2. The van der Waals surface area contributed by atoms with Crippen molar-refractivity contribution in [3.05, 3.63) is 57.3 Å². The van der Waals surface area contributed by atoms with Crippen molar-refractivity contribution in [2.24, 2.45) is 0 Å². The fourth-order valence-corrected chi connectivity index (χ4v) is 2.53. The molecule has 1 aromatic heterocycles. The maximum absolute atomic E-state index is 12.0. The van der Waals surface area contributed by atoms with Crippen LogP contribution in [0, 0.1) is 18.3 Å². The summed E-state index contributed by atoms with van der Waals surface area (Å²) >= 11 is 1.48. The topological polar surface area (TPSA) is 93.0 Å². The summed E-state index contributed by atoms with van der Waals surface area (Å²) in [6, 6.07) is 11.1. The number of carboxylic acid groups (broad SMARTS) is 1. The molecule has 0 fully saturated rings. The number of carbonyl (C=O) groups is 2. The Morgan fingerprint density at radius 2 is 1.91 bits per heavy atom. The predicted molar refractivity (Wildman–Crippen MR) is 82.0 cm³/mol. The molecule has 1 aromatic carbocycles. The molecule has 0 atom stereocenters. The number of hydrogen-bond acceptors (Lipinski definition) is 5. The Hall–Kier alpha value is -2.91. The fourth-order valence-electron chi connectivity index (χ4n) is 1.71. The molecule has 0 aliphatic rings. The third kappa shape index (κ3) is 3.81. The van der Waals surface area contributed by atoms with Crippen molar-refractivity contribution in [1.29, 1.82) is 5.26 Å². The Morgan fingerprint density at radius 1 is 1.23 bits per heavy atom. The minimum atomic E-state index is -1.29. The van der Waals surface area contributed by atoms with Crippen molar-refractivity contribution in [1.82, 2.24) is 0 Å². The molecule has 2 aromatic rings. The summed E-state index contributed by atoms with van der Waals surface area (Å²) in [6.07, 6.45) is 1.52. The van der Waals surface area contributed by atoms with E-state index in [9.17, 15) is 14.7 Å². The minimum absolute atomic E-state index is 0.0168. The summed E-state index contributed by atoms with van der Waals surface area (Å²) < 4.78 is 0. The Bertz CT molecular complexity index is 782. The van der Waals surface area contributed by atoms with Gasteiger partial charge in [-0.2, -0.15) is 5.26 Å². The van der Waals surface area contributed by atoms with Gasteiger partial charge in [0.15, 0.2) is 0 Å². The summed E-state index contributed by atoms with van der Waals surface area (Å²) in [5, 5.41) is 22.3. The van der Waals surface area contributed by atoms with E-state index in [-0.39, 0.29) is 11.1 Å². The van der Waals surface area contributed by atoms with E-state index < -0.39 is 11.9 Å². The number of hydrogen-bond donors (Lipinski definition) is 1. The highest BCUT2D eigenvalue weighted by atomic mass is 32.1. The van der Waals surface area contributed by atoms with Gasteiger partial charge in [-0.3, -0.25) is 4.79 Å². The molecule has 1 amide bonds. The van der Waals surface area contributed by atoms with Gasteiger partial charge in [-0.25, -0.2) is 0 Å². The van der Waals surface area contributed by atoms with Crippen molar-refractivity contribution in [2.75, 3.05) is 5.32 Å². The molecule has 0 unspecified atom stereocenters. The lowest BCUT2D eigenvalue weighted by Crippen LogP contribution is -2.22. The van der Waals surface area contributed by atoms with E-state index >= 15 is 0 Å². The average molecular weight is 311 g/mol. The zero-order chi connectivity index (χ0) is 16.1. The number of aromatic carboxylic acids is 1. The maximum Gasteiger partial charge on any atom is 0.266 e. The average Bonchev–Trinajstić information content (AvgIpc) is 2.90. The van der Waals surface area contributed by atoms with Crippen LogP contribution in [-0.2, 0) is 4.79 Å². The second-order valence-electron chi connectivity index (χ2n) is 4.44. The molecule has 1 heterocycles. The van der Waals surface area contributed by atoms with Crippen LogP contribution in [0.1, 0.15) is 20.1 Å². The van der Waals surface area contributed by atoms with Crippen LogP contribution in [0.3, 0.4) is 0 Å². The van der Waals surface area contributed by atoms with Crippen LogP contribution >= 0.6 is 11.3 Å². The Balaban J connectivity index is 2.14. The summed E-state index contributed by atoms with van der Waals surface area (Å²) in [7, 11) is 0. The number of rotatable bonds is 4. The molecule has 0 radical (unpaired) electrons. The fraction of sp³-hybridized carbons (Fsp3) is 0.0625. The van der Waals surface area contributed by atoms with Crippen LogP contribution in [0.15, 0.2) is 42.0 Å². The van der Waals surface area contributed by atoms with Gasteiger partial charge in [0.25, 0.3) is 5.91 Å². The van der Waals surface area contributed by atoms with E-state index in [1.54, 1.807) is 0 Å². The van der Waals surface area contributed by atoms with E-state index in [0.29, 0.717) is 5.69 Å². The largest absolute Gasteiger partial charge is 0.545 e. The van der Waals surface area contributed by atoms with Gasteiger partial charge in [0.1, 0.15) is 11.6 Å². The van der Waals surface area contributed by atoms with Crippen molar-refractivity contribution in [3.63, 3.8) is 0 Å². The molecule has 0 saturated carbocycles. The highest BCUT2D eigenvalue weighted by molar-refractivity contribution is 7.12. The standard InChI is InChI=1S/C16H12N2O3S/c1-10-2-7-14(22-10)8-12(9-17)15(19)18-13-5-3-11(4-6-13)16(20)21/h2-8H,1H3,(H,18,19)(H,20,21)/p-1/b12-8+. The second kappa shape index (κ2) is 6.70. The third-order valence-electron chi connectivity index (χ3n) is 2.79. The smallest absolute Gasteiger partial charge is 0.266 e. The van der Waals surface area contributed by atoms with E-state index in [2.05, 4.69) is 5.32 Å². The van der Waals surface area contributed by atoms with Crippen LogP contribution in [0.2, 0.25) is 0 Å². The van der Waals surface area contributed by atoms with E-state index in [1.165, 1.54) is 41.7 Å². The van der Waals surface area contributed by atoms with Crippen LogP contribution in [0.25, 0.3) is 6.08 Å². The zero-order valence-electron chi connectivity index (χ0n) is 11.6. The number of anilines is 1. The summed E-state index contributed by atoms with van der Waals surface area (Å²) in [6.45, 7) is 1.94. The molecule has 0 aliphatic carbocycles. The number of nitriles is 1. The predicted octanol–water partition coefficient (Wildman–Crippen LogP) is 1.97. The molecule has 1 N–H and O–H groups in total. The zero-order valence-corrected chi connectivity index (χ0v) is 12.4. The SMILES string of the molecule is Cc1ccc(/C=C(\C#N)C(=O)Nc2ccc(C(=O)[O-])cc2)s1. The lowest BCUT2D eigenvalue weighted by molar-refractivity contribution is -0.255. The number of nitrogens with zero attached hydrogens (tertiary/aromatic N) is 1. The highest BCUT2D eigenvalue weighted by Crippen LogP contribution is 2.19. The molecule has 2 rings (SSSR count). The van der Waals surface area contributed by atoms with Gasteiger partial charge in [-0.1, -0.05) is 12.1 Å². The molecular weight excluding hydrogens is 300 g/mol. The third-order valence-corrected chi connectivity index (χ3v) is 3.74. The van der Waals surface area contributed by atoms with Gasteiger partial charge >= 0.3 is 0 Å². The molecule has 0 bridgehead atoms. The molecule has 0 spiro atoms. The van der Waals surface area contributed by atoms with Gasteiger partial charge in [-0.15, -0.1) is 11.3 Å². The van der Waals surface area contributed by atoms with Crippen molar-refractivity contribution >= 4 is 35.0 Å². The van der Waals surface area contributed by atoms with Crippen molar-refractivity contribution in [2.45, 2.75) is 6.92 Å². The molecule has 5 nitrogen and oxygen atoms in total. The second-order valence-corrected chi connectivity index (χ2v) is 5.76. The lowest BCUT2D eigenvalue weighted by Gasteiger charge is -2.06. The first-order chi connectivity index (χ1) is 10.5. The maximum atomic E-state index is 12.0. The first-order valence-corrected chi connectivity index (χ1v) is 7.12. The molecule has 6 heteroatoms. The molecule has 0 aliphatic heterocycles. The summed E-state index contributed by atoms with van der Waals surface area (Å²) in [5.74, 6) is -1.83. The van der Waals surface area contributed by atoms with Gasteiger partial charge < -0.3 is 15.2 Å². The highest BCUT2D eigenvalue weighted by Gasteiger charge is 2.10. The van der Waals surface area contributed by atoms with Gasteiger partial charge in [0.05, 0.1) is 5.97 Å². The first-order valence-electron chi connectivity index (χ1n) is 6.30. The molecular formula is C16H11N2O3S-. The first kappa shape index (κ1) is 15.5. The number of aryl methyl sites for hydroxylation is 1. The molecule has 110 valence electrons. The molecule has 0 saturated heterocycles. The van der Waals surface area contributed by atoms with Crippen LogP contribution in [-0.4, -0.2) is 11.9 Å². The van der Waals surface area contributed by atoms with Crippen LogP contribution in [0.5, 0.6) is 0 Å². The monoisotopic (exact) mass is 311 g/mol. The Morgan fingerprint density at radius 3 is 2.41 bits per heavy atom. The summed E-state index contributed by atoms with van der Waals surface area (Å²) in [5.41, 5.74) is 0.396. The van der Waals surface area contributed by atoms with Gasteiger partial charge in [0.2, 0.25) is 0 Å². The van der Waals surface area contributed by atoms with Crippen molar-refractivity contribution in [3.8, 4) is 6.07 Å². The number of carboxylic acids is 1. The van der Waals surface area contributed by atoms with Crippen LogP contribution in [0.4, 0.5) is 5.69 Å². The number of thiophene rings is 1. The number of benzene rings is 1. The van der Waals surface area contributed by atoms with Crippen LogP contribution < -0.4 is 10.4 Å². The Kier molecular flexibility index (Phi) is 4.71. The molecule has 22 heavy (non-hydrogen) atoms. The van der Waals surface area contributed by atoms with Gasteiger partial charge in [-0.05, 0) is 42.8 Å². The van der Waals surface area contributed by atoms with E-state index in [1.807, 2.05) is 25.1 Å². The van der Waals surface area contributed by atoms with Crippen molar-refractivity contribution < 1.29 is 14.7 Å². The minimum Gasteiger partial charge on any atom is -0.545 e. The number of amides is 1. The quantitative estimate of drug-likeness (QED) is 0.690. The number of carbonyl (C=O) groups excluding carboxylic acids is 2. The summed E-state index contributed by atoms with van der Waals surface area (Å²) in [4.78, 5) is 24.6. The Labute approximate surface area is 131 Å². The number of nitrogens with one attached hydrogen (secondary N) is 1. The normalized spacial score (nSPS) is 10.8.